The van der Waals surface area contributed by atoms with Crippen LogP contribution in [0, 0.1) is 0 Å². The maximum atomic E-state index is 13.1. The van der Waals surface area contributed by atoms with Crippen LogP contribution in [-0.4, -0.2) is 67.8 Å². The number of rotatable bonds is 9. The van der Waals surface area contributed by atoms with Crippen molar-refractivity contribution in [3.05, 3.63) is 53.6 Å². The van der Waals surface area contributed by atoms with Crippen molar-refractivity contribution in [2.75, 3.05) is 44.2 Å². The van der Waals surface area contributed by atoms with E-state index in [1.54, 1.807) is 35.6 Å². The van der Waals surface area contributed by atoms with Crippen molar-refractivity contribution >= 4 is 42.6 Å². The van der Waals surface area contributed by atoms with Gasteiger partial charge in [-0.05, 0) is 48.7 Å². The largest absolute Gasteiger partial charge is 0.345 e. The lowest BCUT2D eigenvalue weighted by molar-refractivity contribution is 0.0746. The third-order valence-electron chi connectivity index (χ3n) is 6.56. The van der Waals surface area contributed by atoms with Gasteiger partial charge in [-0.2, -0.15) is 4.31 Å². The van der Waals surface area contributed by atoms with Crippen LogP contribution in [0.1, 0.15) is 49.5 Å². The first kappa shape index (κ1) is 25.6. The summed E-state index contributed by atoms with van der Waals surface area (Å²) >= 11 is 1.70. The lowest BCUT2D eigenvalue weighted by Crippen LogP contribution is -2.48. The number of aryl methyl sites for hydroxylation is 1. The molecule has 0 spiro atoms. The Labute approximate surface area is 212 Å². The fourth-order valence-electron chi connectivity index (χ4n) is 4.40. The third-order valence-corrected chi connectivity index (χ3v) is 9.63. The fourth-order valence-corrected chi connectivity index (χ4v) is 6.95. The van der Waals surface area contributed by atoms with Gasteiger partial charge in [0.1, 0.15) is 0 Å². The topological polar surface area (TPSA) is 73.8 Å². The lowest BCUT2D eigenvalue weighted by Gasteiger charge is -2.34. The maximum Gasteiger partial charge on any atom is 0.253 e. The predicted octanol–water partition coefficient (Wildman–Crippen LogP) is 4.63. The Morgan fingerprint density at radius 1 is 1.03 bits per heavy atom. The molecule has 4 rings (SSSR count). The van der Waals surface area contributed by atoms with Crippen LogP contribution in [0.25, 0.3) is 10.2 Å². The predicted molar refractivity (Wildman–Crippen MR) is 143 cm³/mol. The first-order valence-corrected chi connectivity index (χ1v) is 14.7. The summed E-state index contributed by atoms with van der Waals surface area (Å²) in [6.07, 6.45) is 2.72. The molecule has 2 aromatic carbocycles. The van der Waals surface area contributed by atoms with Crippen molar-refractivity contribution in [2.45, 2.75) is 44.9 Å². The number of aromatic nitrogens is 1. The summed E-state index contributed by atoms with van der Waals surface area (Å²) in [5, 5.41) is 1.01. The average molecular weight is 515 g/mol. The molecule has 1 aliphatic rings. The van der Waals surface area contributed by atoms with Crippen LogP contribution < -0.4 is 4.90 Å². The first-order chi connectivity index (χ1) is 16.9. The number of benzene rings is 2. The number of amides is 1. The van der Waals surface area contributed by atoms with E-state index in [4.69, 9.17) is 4.98 Å². The maximum absolute atomic E-state index is 13.1. The Morgan fingerprint density at radius 3 is 2.37 bits per heavy atom. The molecule has 188 valence electrons. The molecule has 7 nitrogen and oxygen atoms in total. The van der Waals surface area contributed by atoms with E-state index >= 15 is 0 Å². The van der Waals surface area contributed by atoms with Crippen LogP contribution in [0.15, 0.2) is 47.4 Å². The quantitative estimate of drug-likeness (QED) is 0.416. The van der Waals surface area contributed by atoms with Gasteiger partial charge in [0.2, 0.25) is 10.0 Å². The van der Waals surface area contributed by atoms with E-state index in [1.807, 2.05) is 18.7 Å². The molecule has 0 atom stereocenters. The summed E-state index contributed by atoms with van der Waals surface area (Å²) in [7, 11) is -3.55. The van der Waals surface area contributed by atoms with Crippen molar-refractivity contribution in [3.63, 3.8) is 0 Å². The Balaban J connectivity index is 1.40. The molecule has 1 saturated heterocycles. The van der Waals surface area contributed by atoms with Crippen molar-refractivity contribution < 1.29 is 13.2 Å². The summed E-state index contributed by atoms with van der Waals surface area (Å²) in [5.74, 6) is -0.0653. The van der Waals surface area contributed by atoms with Crippen LogP contribution in [0.2, 0.25) is 0 Å². The van der Waals surface area contributed by atoms with Crippen LogP contribution >= 0.6 is 11.3 Å². The summed E-state index contributed by atoms with van der Waals surface area (Å²) in [4.78, 5) is 22.3. The zero-order valence-electron chi connectivity index (χ0n) is 20.7. The zero-order valence-corrected chi connectivity index (χ0v) is 22.4. The fraction of sp³-hybridized carbons (Fsp3) is 0.462. The number of unbranched alkanes of at least 4 members (excludes halogenated alkanes) is 1. The van der Waals surface area contributed by atoms with Gasteiger partial charge in [0, 0.05) is 44.8 Å². The summed E-state index contributed by atoms with van der Waals surface area (Å²) < 4.78 is 28.6. The molecule has 9 heteroatoms. The van der Waals surface area contributed by atoms with Gasteiger partial charge in [0.05, 0.1) is 15.1 Å². The van der Waals surface area contributed by atoms with E-state index in [-0.39, 0.29) is 10.8 Å². The van der Waals surface area contributed by atoms with Gasteiger partial charge in [0.15, 0.2) is 5.13 Å². The van der Waals surface area contributed by atoms with Crippen molar-refractivity contribution in [1.29, 1.82) is 0 Å². The van der Waals surface area contributed by atoms with E-state index in [0.29, 0.717) is 31.7 Å². The zero-order chi connectivity index (χ0) is 25.0. The molecule has 0 saturated carbocycles. The van der Waals surface area contributed by atoms with Gasteiger partial charge in [-0.1, -0.05) is 50.7 Å². The van der Waals surface area contributed by atoms with Crippen molar-refractivity contribution in [2.24, 2.45) is 0 Å². The molecule has 0 N–H and O–H groups in total. The number of para-hydroxylation sites is 1. The standard InChI is InChI=1S/C26H34N4O3S2/c1-4-7-15-30(6-3)35(32,33)22-13-11-21(12-14-22)25(31)28-16-18-29(19-17-28)26-27-24-20(5-2)9-8-10-23(24)34-26/h8-14H,4-7,15-19H2,1-3H3. The Morgan fingerprint density at radius 2 is 1.74 bits per heavy atom. The lowest BCUT2D eigenvalue weighted by atomic mass is 10.1. The number of anilines is 1. The van der Waals surface area contributed by atoms with Crippen molar-refractivity contribution in [1.82, 2.24) is 14.2 Å². The van der Waals surface area contributed by atoms with E-state index in [0.717, 1.165) is 43.0 Å². The van der Waals surface area contributed by atoms with Crippen molar-refractivity contribution in [3.8, 4) is 0 Å². The number of nitrogens with zero attached hydrogens (tertiary/aromatic N) is 4. The molecule has 0 radical (unpaired) electrons. The molecule has 1 aliphatic heterocycles. The normalized spacial score (nSPS) is 14.7. The van der Waals surface area contributed by atoms with E-state index in [9.17, 15) is 13.2 Å². The second-order valence-electron chi connectivity index (χ2n) is 8.77. The second kappa shape index (κ2) is 11.1. The minimum absolute atomic E-state index is 0.0653. The second-order valence-corrected chi connectivity index (χ2v) is 11.7. The Hall–Kier alpha value is -2.49. The number of hydrogen-bond acceptors (Lipinski definition) is 6. The van der Waals surface area contributed by atoms with Crippen LogP contribution in [0.4, 0.5) is 5.13 Å². The Bertz CT molecular complexity index is 1260. The SMILES string of the molecule is CCCCN(CC)S(=O)(=O)c1ccc(C(=O)N2CCN(c3nc4c(CC)cccc4s3)CC2)cc1. The minimum Gasteiger partial charge on any atom is -0.345 e. The molecule has 0 bridgehead atoms. The highest BCUT2D eigenvalue weighted by Crippen LogP contribution is 2.31. The summed E-state index contributed by atoms with van der Waals surface area (Å²) in [6.45, 7) is 9.64. The summed E-state index contributed by atoms with van der Waals surface area (Å²) in [6, 6.07) is 12.7. The Kier molecular flexibility index (Phi) is 8.09. The molecule has 2 heterocycles. The van der Waals surface area contributed by atoms with E-state index in [2.05, 4.69) is 30.0 Å². The molecule has 0 unspecified atom stereocenters. The van der Waals surface area contributed by atoms with Crippen LogP contribution in [-0.2, 0) is 16.4 Å². The number of fused-ring (bicyclic) bond motifs is 1. The van der Waals surface area contributed by atoms with Gasteiger partial charge in [-0.25, -0.2) is 13.4 Å². The van der Waals surface area contributed by atoms with Gasteiger partial charge >= 0.3 is 0 Å². The minimum atomic E-state index is -3.55. The number of piperazine rings is 1. The van der Waals surface area contributed by atoms with E-state index < -0.39 is 10.0 Å². The highest BCUT2D eigenvalue weighted by Gasteiger charge is 2.26. The highest BCUT2D eigenvalue weighted by atomic mass is 32.2. The highest BCUT2D eigenvalue weighted by molar-refractivity contribution is 7.89. The van der Waals surface area contributed by atoms with Gasteiger partial charge in [-0.15, -0.1) is 0 Å². The summed E-state index contributed by atoms with van der Waals surface area (Å²) in [5.41, 5.74) is 2.86. The molecule has 1 amide bonds. The average Bonchev–Trinajstić information content (AvgIpc) is 3.33. The number of hydrogen-bond donors (Lipinski definition) is 0. The monoisotopic (exact) mass is 514 g/mol. The van der Waals surface area contributed by atoms with Gasteiger partial charge in [0.25, 0.3) is 5.91 Å². The molecule has 35 heavy (non-hydrogen) atoms. The van der Waals surface area contributed by atoms with Gasteiger partial charge < -0.3 is 9.80 Å². The first-order valence-electron chi connectivity index (χ1n) is 12.4. The molecular weight excluding hydrogens is 480 g/mol. The number of carbonyl (C=O) groups excluding carboxylic acids is 1. The van der Waals surface area contributed by atoms with Crippen LogP contribution in [0.3, 0.4) is 0 Å². The number of thiazole rings is 1. The molecule has 1 fully saturated rings. The van der Waals surface area contributed by atoms with E-state index in [1.165, 1.54) is 14.6 Å². The smallest absolute Gasteiger partial charge is 0.253 e. The number of sulfonamides is 1. The molecule has 0 aliphatic carbocycles. The molecular formula is C26H34N4O3S2. The molecule has 3 aromatic rings. The third kappa shape index (κ3) is 5.37. The number of carbonyl (C=O) groups is 1. The van der Waals surface area contributed by atoms with Gasteiger partial charge in [-0.3, -0.25) is 4.79 Å². The van der Waals surface area contributed by atoms with Crippen LogP contribution in [0.5, 0.6) is 0 Å². The molecule has 1 aromatic heterocycles.